The molecule has 29 heavy (non-hydrogen) atoms. The average Bonchev–Trinajstić information content (AvgIpc) is 3.33. The Morgan fingerprint density at radius 2 is 1.97 bits per heavy atom. The molecule has 0 spiro atoms. The topological polar surface area (TPSA) is 105 Å². The normalized spacial score (nSPS) is 11.7. The van der Waals surface area contributed by atoms with Gasteiger partial charge in [0, 0.05) is 11.9 Å². The first-order valence-corrected chi connectivity index (χ1v) is 11.8. The number of hydrogen-bond acceptors (Lipinski definition) is 8. The number of nitrogens with zero attached hydrogens (tertiary/aromatic N) is 3. The molecule has 8 nitrogen and oxygen atoms in total. The van der Waals surface area contributed by atoms with Crippen LogP contribution in [-0.4, -0.2) is 48.8 Å². The Kier molecular flexibility index (Phi) is 6.78. The fraction of sp³-hybridized carbons (Fsp3) is 0.316. The smallest absolute Gasteiger partial charge is 0.257 e. The number of hydrogen-bond donors (Lipinski definition) is 1. The lowest BCUT2D eigenvalue weighted by Gasteiger charge is -2.19. The van der Waals surface area contributed by atoms with Crippen LogP contribution in [0.15, 0.2) is 51.1 Å². The quantitative estimate of drug-likeness (QED) is 0.552. The summed E-state index contributed by atoms with van der Waals surface area (Å²) in [6, 6.07) is 9.92. The predicted molar refractivity (Wildman–Crippen MR) is 111 cm³/mol. The zero-order chi connectivity index (χ0) is 20.9. The van der Waals surface area contributed by atoms with E-state index in [0.29, 0.717) is 30.6 Å². The summed E-state index contributed by atoms with van der Waals surface area (Å²) >= 11 is 1.52. The summed E-state index contributed by atoms with van der Waals surface area (Å²) in [6.07, 6.45) is 2.01. The van der Waals surface area contributed by atoms with Gasteiger partial charge in [-0.25, -0.2) is 8.42 Å². The molecular formula is C19H22N4O4S2. The molecule has 0 aliphatic carbocycles. The fourth-order valence-corrected chi connectivity index (χ4v) is 4.00. The third-order valence-electron chi connectivity index (χ3n) is 4.03. The second kappa shape index (κ2) is 9.29. The van der Waals surface area contributed by atoms with E-state index in [4.69, 9.17) is 4.42 Å². The van der Waals surface area contributed by atoms with Crippen LogP contribution in [-0.2, 0) is 21.2 Å². The van der Waals surface area contributed by atoms with Crippen molar-refractivity contribution in [2.24, 2.45) is 0 Å². The van der Waals surface area contributed by atoms with Crippen molar-refractivity contribution in [2.45, 2.75) is 24.8 Å². The second-order valence-corrected chi connectivity index (χ2v) is 9.50. The zero-order valence-corrected chi connectivity index (χ0v) is 17.8. The van der Waals surface area contributed by atoms with E-state index >= 15 is 0 Å². The number of amides is 1. The molecular weight excluding hydrogens is 412 g/mol. The van der Waals surface area contributed by atoms with Gasteiger partial charge < -0.3 is 9.73 Å². The number of anilines is 1. The van der Waals surface area contributed by atoms with E-state index in [1.165, 1.54) is 23.5 Å². The number of carbonyl (C=O) groups is 1. The van der Waals surface area contributed by atoms with Crippen LogP contribution in [0.1, 0.15) is 19.2 Å². The first-order chi connectivity index (χ1) is 13.8. The molecule has 1 amide bonds. The Labute approximate surface area is 173 Å². The van der Waals surface area contributed by atoms with Gasteiger partial charge in [-0.15, -0.1) is 21.5 Å². The van der Waals surface area contributed by atoms with Crippen molar-refractivity contribution in [2.75, 3.05) is 24.7 Å². The number of sulfone groups is 1. The largest absolute Gasteiger partial charge is 0.419 e. The molecule has 0 aliphatic heterocycles. The highest BCUT2D eigenvalue weighted by Crippen LogP contribution is 2.23. The molecule has 1 aromatic carbocycles. The van der Waals surface area contributed by atoms with Gasteiger partial charge in [0.05, 0.1) is 22.9 Å². The first-order valence-electron chi connectivity index (χ1n) is 9.03. The molecule has 2 heterocycles. The van der Waals surface area contributed by atoms with Crippen molar-refractivity contribution in [3.05, 3.63) is 47.7 Å². The SMILES string of the molecule is CCCN(CC(=O)Nc1ccc(S(C)(=O)=O)cc1)Cc1nnc(-c2cccs2)o1. The summed E-state index contributed by atoms with van der Waals surface area (Å²) in [7, 11) is -3.27. The molecule has 0 saturated carbocycles. The fourth-order valence-electron chi connectivity index (χ4n) is 2.73. The van der Waals surface area contributed by atoms with Gasteiger partial charge in [-0.1, -0.05) is 13.0 Å². The monoisotopic (exact) mass is 434 g/mol. The van der Waals surface area contributed by atoms with Crippen molar-refractivity contribution < 1.29 is 17.6 Å². The second-order valence-electron chi connectivity index (χ2n) is 6.53. The van der Waals surface area contributed by atoms with Crippen LogP contribution in [0.4, 0.5) is 5.69 Å². The molecule has 0 saturated heterocycles. The lowest BCUT2D eigenvalue weighted by Crippen LogP contribution is -2.33. The van der Waals surface area contributed by atoms with Gasteiger partial charge in [-0.3, -0.25) is 9.69 Å². The number of thiophene rings is 1. The zero-order valence-electron chi connectivity index (χ0n) is 16.2. The Bertz CT molecular complexity index is 1040. The molecule has 154 valence electrons. The summed E-state index contributed by atoms with van der Waals surface area (Å²) in [5.74, 6) is 0.720. The molecule has 0 bridgehead atoms. The van der Waals surface area contributed by atoms with E-state index in [1.807, 2.05) is 29.3 Å². The minimum absolute atomic E-state index is 0.151. The van der Waals surface area contributed by atoms with Gasteiger partial charge in [0.25, 0.3) is 5.89 Å². The van der Waals surface area contributed by atoms with Crippen LogP contribution in [0.25, 0.3) is 10.8 Å². The van der Waals surface area contributed by atoms with E-state index in [-0.39, 0.29) is 17.3 Å². The van der Waals surface area contributed by atoms with Gasteiger partial charge in [0.2, 0.25) is 11.8 Å². The van der Waals surface area contributed by atoms with E-state index in [1.54, 1.807) is 12.1 Å². The maximum atomic E-state index is 12.4. The highest BCUT2D eigenvalue weighted by Gasteiger charge is 2.16. The number of benzene rings is 1. The Hall–Kier alpha value is -2.56. The van der Waals surface area contributed by atoms with Gasteiger partial charge >= 0.3 is 0 Å². The number of carbonyl (C=O) groups excluding carboxylic acids is 1. The van der Waals surface area contributed by atoms with Crippen molar-refractivity contribution in [3.63, 3.8) is 0 Å². The first kappa shape index (κ1) is 21.2. The summed E-state index contributed by atoms with van der Waals surface area (Å²) in [4.78, 5) is 15.5. The third kappa shape index (κ3) is 5.96. The van der Waals surface area contributed by atoms with Gasteiger partial charge in [0.15, 0.2) is 9.84 Å². The Morgan fingerprint density at radius 1 is 1.21 bits per heavy atom. The summed E-state index contributed by atoms with van der Waals surface area (Å²) in [6.45, 7) is 3.24. The molecule has 0 fully saturated rings. The van der Waals surface area contributed by atoms with Crippen LogP contribution in [0.2, 0.25) is 0 Å². The molecule has 2 aromatic heterocycles. The molecule has 0 aliphatic rings. The molecule has 0 unspecified atom stereocenters. The van der Waals surface area contributed by atoms with E-state index in [2.05, 4.69) is 15.5 Å². The van der Waals surface area contributed by atoms with Crippen LogP contribution >= 0.6 is 11.3 Å². The van der Waals surface area contributed by atoms with Gasteiger partial charge in [-0.2, -0.15) is 0 Å². The highest BCUT2D eigenvalue weighted by molar-refractivity contribution is 7.90. The van der Waals surface area contributed by atoms with Crippen LogP contribution in [0, 0.1) is 0 Å². The van der Waals surface area contributed by atoms with Crippen LogP contribution in [0.5, 0.6) is 0 Å². The van der Waals surface area contributed by atoms with Gasteiger partial charge in [-0.05, 0) is 48.7 Å². The number of aromatic nitrogens is 2. The summed E-state index contributed by atoms with van der Waals surface area (Å²) < 4.78 is 28.7. The lowest BCUT2D eigenvalue weighted by molar-refractivity contribution is -0.117. The molecule has 0 radical (unpaired) electrons. The number of rotatable bonds is 9. The van der Waals surface area contributed by atoms with Gasteiger partial charge in [0.1, 0.15) is 0 Å². The minimum atomic E-state index is -3.27. The Balaban J connectivity index is 1.60. The summed E-state index contributed by atoms with van der Waals surface area (Å²) in [5, 5.41) is 12.9. The van der Waals surface area contributed by atoms with Crippen LogP contribution in [0.3, 0.4) is 0 Å². The minimum Gasteiger partial charge on any atom is -0.419 e. The average molecular weight is 435 g/mol. The third-order valence-corrected chi connectivity index (χ3v) is 6.02. The highest BCUT2D eigenvalue weighted by atomic mass is 32.2. The lowest BCUT2D eigenvalue weighted by atomic mass is 10.3. The maximum absolute atomic E-state index is 12.4. The molecule has 0 atom stereocenters. The molecule has 3 aromatic rings. The van der Waals surface area contributed by atoms with Crippen molar-refractivity contribution >= 4 is 32.8 Å². The number of nitrogens with one attached hydrogen (secondary N) is 1. The Morgan fingerprint density at radius 3 is 2.59 bits per heavy atom. The standard InChI is InChI=1S/C19H22N4O4S2/c1-3-10-23(13-18-21-22-19(27-18)16-5-4-11-28-16)12-17(24)20-14-6-8-15(9-7-14)29(2,25)26/h4-9,11H,3,10,12-13H2,1-2H3,(H,20,24). The van der Waals surface area contributed by atoms with E-state index in [0.717, 1.165) is 17.6 Å². The molecule has 1 N–H and O–H groups in total. The predicted octanol–water partition coefficient (Wildman–Crippen LogP) is 3.05. The van der Waals surface area contributed by atoms with E-state index in [9.17, 15) is 13.2 Å². The molecule has 10 heteroatoms. The van der Waals surface area contributed by atoms with Crippen molar-refractivity contribution in [1.82, 2.24) is 15.1 Å². The van der Waals surface area contributed by atoms with Crippen molar-refractivity contribution in [3.8, 4) is 10.8 Å². The summed E-state index contributed by atoms with van der Waals surface area (Å²) in [5.41, 5.74) is 0.539. The molecule has 3 rings (SSSR count). The van der Waals surface area contributed by atoms with Crippen molar-refractivity contribution in [1.29, 1.82) is 0 Å². The van der Waals surface area contributed by atoms with E-state index < -0.39 is 9.84 Å². The van der Waals surface area contributed by atoms with Crippen LogP contribution < -0.4 is 5.32 Å². The maximum Gasteiger partial charge on any atom is 0.257 e.